The molecule has 0 atom stereocenters. The average molecular weight is 295 g/mol. The lowest BCUT2D eigenvalue weighted by molar-refractivity contribution is -0.137. The summed E-state index contributed by atoms with van der Waals surface area (Å²) in [5.74, 6) is -0.665. The van der Waals surface area contributed by atoms with E-state index >= 15 is 0 Å². The second-order valence-corrected chi connectivity index (χ2v) is 4.92. The highest BCUT2D eigenvalue weighted by molar-refractivity contribution is 7.13. The molecular formula is C11H13N5O3S. The molecule has 2 aromatic rings. The molecule has 0 bridgehead atoms. The first-order valence-electron chi connectivity index (χ1n) is 5.95. The Labute approximate surface area is 118 Å². The molecule has 2 heterocycles. The maximum Gasteiger partial charge on any atom is 0.303 e. The summed E-state index contributed by atoms with van der Waals surface area (Å²) in [4.78, 5) is 24.0. The smallest absolute Gasteiger partial charge is 0.303 e. The molecule has 1 amide bonds. The standard InChI is InChI=1S/C11H13N5O3S/c17-9(12-5-1-4-10(18)19)7-16-14-11(13-15-16)8-3-2-6-20-8/h2-3,6H,1,4-5,7H2,(H,12,17)(H,18,19). The van der Waals surface area contributed by atoms with Gasteiger partial charge in [-0.2, -0.15) is 4.80 Å². The number of nitrogens with one attached hydrogen (secondary N) is 1. The number of hydrogen-bond donors (Lipinski definition) is 2. The van der Waals surface area contributed by atoms with Crippen LogP contribution in [0.15, 0.2) is 17.5 Å². The first kappa shape index (κ1) is 14.1. The number of carboxylic acids is 1. The minimum atomic E-state index is -0.877. The average Bonchev–Trinajstić information content (AvgIpc) is 3.04. The Morgan fingerprint density at radius 1 is 1.45 bits per heavy atom. The van der Waals surface area contributed by atoms with E-state index in [-0.39, 0.29) is 18.9 Å². The van der Waals surface area contributed by atoms with Crippen molar-refractivity contribution in [3.63, 3.8) is 0 Å². The molecule has 0 saturated heterocycles. The van der Waals surface area contributed by atoms with Gasteiger partial charge in [-0.1, -0.05) is 6.07 Å². The lowest BCUT2D eigenvalue weighted by atomic mass is 10.3. The molecule has 9 heteroatoms. The zero-order valence-corrected chi connectivity index (χ0v) is 11.3. The van der Waals surface area contributed by atoms with Gasteiger partial charge in [0.25, 0.3) is 0 Å². The van der Waals surface area contributed by atoms with Crippen LogP contribution in [-0.4, -0.2) is 43.7 Å². The molecule has 0 spiro atoms. The monoisotopic (exact) mass is 295 g/mol. The SMILES string of the molecule is O=C(O)CCCNC(=O)Cn1nnc(-c2cccs2)n1. The molecule has 2 N–H and O–H groups in total. The Bertz CT molecular complexity index is 581. The van der Waals surface area contributed by atoms with E-state index in [9.17, 15) is 9.59 Å². The van der Waals surface area contributed by atoms with Crippen LogP contribution >= 0.6 is 11.3 Å². The molecule has 106 valence electrons. The van der Waals surface area contributed by atoms with E-state index in [4.69, 9.17) is 5.11 Å². The van der Waals surface area contributed by atoms with Gasteiger partial charge < -0.3 is 10.4 Å². The number of rotatable bonds is 7. The number of carbonyl (C=O) groups excluding carboxylic acids is 1. The van der Waals surface area contributed by atoms with Crippen molar-refractivity contribution in [3.8, 4) is 10.7 Å². The summed E-state index contributed by atoms with van der Waals surface area (Å²) < 4.78 is 0. The lowest BCUT2D eigenvalue weighted by Gasteiger charge is -2.02. The minimum Gasteiger partial charge on any atom is -0.481 e. The minimum absolute atomic E-state index is 0.0321. The summed E-state index contributed by atoms with van der Waals surface area (Å²) in [5.41, 5.74) is 0. The summed E-state index contributed by atoms with van der Waals surface area (Å²) in [6, 6.07) is 3.76. The fraction of sp³-hybridized carbons (Fsp3) is 0.364. The molecule has 0 aliphatic carbocycles. The zero-order chi connectivity index (χ0) is 14.4. The summed E-state index contributed by atoms with van der Waals surface area (Å²) in [6.45, 7) is 0.281. The Kier molecular flexibility index (Phi) is 4.77. The maximum atomic E-state index is 11.6. The van der Waals surface area contributed by atoms with Gasteiger partial charge in [0.2, 0.25) is 11.7 Å². The van der Waals surface area contributed by atoms with Gasteiger partial charge in [0, 0.05) is 13.0 Å². The molecule has 0 fully saturated rings. The number of aliphatic carboxylic acids is 1. The van der Waals surface area contributed by atoms with Gasteiger partial charge in [0.15, 0.2) is 0 Å². The Morgan fingerprint density at radius 2 is 2.30 bits per heavy atom. The highest BCUT2D eigenvalue weighted by Crippen LogP contribution is 2.19. The van der Waals surface area contributed by atoms with Crippen molar-refractivity contribution in [2.24, 2.45) is 0 Å². The lowest BCUT2D eigenvalue weighted by Crippen LogP contribution is -2.29. The normalized spacial score (nSPS) is 10.4. The van der Waals surface area contributed by atoms with Crippen molar-refractivity contribution in [2.75, 3.05) is 6.54 Å². The molecule has 0 aliphatic rings. The van der Waals surface area contributed by atoms with Crippen molar-refractivity contribution in [2.45, 2.75) is 19.4 Å². The molecule has 0 radical (unpaired) electrons. The van der Waals surface area contributed by atoms with Crippen LogP contribution in [-0.2, 0) is 16.1 Å². The van der Waals surface area contributed by atoms with Crippen molar-refractivity contribution in [1.82, 2.24) is 25.5 Å². The van der Waals surface area contributed by atoms with E-state index in [1.165, 1.54) is 16.1 Å². The number of nitrogens with zero attached hydrogens (tertiary/aromatic N) is 4. The van der Waals surface area contributed by atoms with Gasteiger partial charge in [0.1, 0.15) is 6.54 Å². The van der Waals surface area contributed by atoms with Gasteiger partial charge in [-0.25, -0.2) is 0 Å². The first-order chi connectivity index (χ1) is 9.65. The van der Waals surface area contributed by atoms with Crippen LogP contribution in [0.2, 0.25) is 0 Å². The third kappa shape index (κ3) is 4.12. The molecule has 0 aromatic carbocycles. The van der Waals surface area contributed by atoms with Gasteiger partial charge >= 0.3 is 5.97 Å². The highest BCUT2D eigenvalue weighted by atomic mass is 32.1. The van der Waals surface area contributed by atoms with E-state index in [1.54, 1.807) is 0 Å². The van der Waals surface area contributed by atoms with Crippen molar-refractivity contribution in [1.29, 1.82) is 0 Å². The van der Waals surface area contributed by atoms with Crippen molar-refractivity contribution < 1.29 is 14.7 Å². The topological polar surface area (TPSA) is 110 Å². The number of aromatic nitrogens is 4. The van der Waals surface area contributed by atoms with Gasteiger partial charge in [-0.15, -0.1) is 21.5 Å². The highest BCUT2D eigenvalue weighted by Gasteiger charge is 2.09. The van der Waals surface area contributed by atoms with Crippen molar-refractivity contribution >= 4 is 23.2 Å². The Morgan fingerprint density at radius 3 is 3.00 bits per heavy atom. The second-order valence-electron chi connectivity index (χ2n) is 3.97. The molecule has 20 heavy (non-hydrogen) atoms. The maximum absolute atomic E-state index is 11.6. The third-order valence-corrected chi connectivity index (χ3v) is 3.23. The largest absolute Gasteiger partial charge is 0.481 e. The molecular weight excluding hydrogens is 282 g/mol. The summed E-state index contributed by atoms with van der Waals surface area (Å²) in [6.07, 6.45) is 0.427. The van der Waals surface area contributed by atoms with Crippen LogP contribution < -0.4 is 5.32 Å². The predicted molar refractivity (Wildman–Crippen MR) is 71.0 cm³/mol. The van der Waals surface area contributed by atoms with Crippen LogP contribution in [0.5, 0.6) is 0 Å². The van der Waals surface area contributed by atoms with Gasteiger partial charge in [0.05, 0.1) is 4.88 Å². The fourth-order valence-corrected chi connectivity index (χ4v) is 2.11. The molecule has 0 unspecified atom stereocenters. The number of hydrogen-bond acceptors (Lipinski definition) is 6. The number of tetrazole rings is 1. The van der Waals surface area contributed by atoms with Crippen LogP contribution in [0.25, 0.3) is 10.7 Å². The third-order valence-electron chi connectivity index (χ3n) is 2.37. The van der Waals surface area contributed by atoms with Gasteiger partial charge in [-0.3, -0.25) is 9.59 Å². The Balaban J connectivity index is 1.78. The van der Waals surface area contributed by atoms with Crippen LogP contribution in [0.4, 0.5) is 0 Å². The number of carboxylic acid groups (broad SMARTS) is 1. The molecule has 0 saturated carbocycles. The summed E-state index contributed by atoms with van der Waals surface area (Å²) in [5, 5.41) is 24.7. The van der Waals surface area contributed by atoms with Crippen molar-refractivity contribution in [3.05, 3.63) is 17.5 Å². The number of carbonyl (C=O) groups is 2. The van der Waals surface area contributed by atoms with Crippen LogP contribution in [0.3, 0.4) is 0 Å². The molecule has 8 nitrogen and oxygen atoms in total. The van der Waals surface area contributed by atoms with Crippen LogP contribution in [0, 0.1) is 0 Å². The summed E-state index contributed by atoms with van der Waals surface area (Å²) >= 11 is 1.49. The van der Waals surface area contributed by atoms with E-state index in [0.29, 0.717) is 18.8 Å². The van der Waals surface area contributed by atoms with E-state index in [1.807, 2.05) is 17.5 Å². The summed E-state index contributed by atoms with van der Waals surface area (Å²) in [7, 11) is 0. The zero-order valence-electron chi connectivity index (χ0n) is 10.5. The first-order valence-corrected chi connectivity index (χ1v) is 6.83. The van der Waals surface area contributed by atoms with Crippen LogP contribution in [0.1, 0.15) is 12.8 Å². The van der Waals surface area contributed by atoms with E-state index in [2.05, 4.69) is 20.7 Å². The fourth-order valence-electron chi connectivity index (χ4n) is 1.47. The predicted octanol–water partition coefficient (Wildman–Crippen LogP) is 0.383. The Hall–Kier alpha value is -2.29. The van der Waals surface area contributed by atoms with E-state index in [0.717, 1.165) is 4.88 Å². The molecule has 2 rings (SSSR count). The molecule has 0 aliphatic heterocycles. The van der Waals surface area contributed by atoms with Gasteiger partial charge in [-0.05, 0) is 23.1 Å². The molecule has 2 aromatic heterocycles. The second kappa shape index (κ2) is 6.75. The number of thiophene rings is 1. The van der Waals surface area contributed by atoms with E-state index < -0.39 is 5.97 Å². The quantitative estimate of drug-likeness (QED) is 0.715. The number of amides is 1.